The summed E-state index contributed by atoms with van der Waals surface area (Å²) in [6.45, 7) is 7.04. The maximum absolute atomic E-state index is 6.49. The fraction of sp³-hybridized carbons (Fsp3) is 0.0732. The Kier molecular flexibility index (Phi) is 8.11. The summed E-state index contributed by atoms with van der Waals surface area (Å²) in [5, 5.41) is 7.96. The van der Waals surface area contributed by atoms with Gasteiger partial charge in [-0.3, -0.25) is 0 Å². The van der Waals surface area contributed by atoms with Crippen LogP contribution in [-0.4, -0.2) is 18.0 Å². The molecule has 0 saturated carbocycles. The summed E-state index contributed by atoms with van der Waals surface area (Å²) < 4.78 is 12.9. The standard InChI is InChI=1S/C30H22NO2Si.C11H8N.Ir/c1-34(2,3)27-13-7-11-21-24-17-31-25(16-26(24)32-30(21)27)23-12-6-10-20-22-15-14-18-8-4-5-9-19(18)28(22)33-29(20)23;1-2-6-10(7-3-1)11-8-4-5-9-12-11;/h4-11,13-17H,1-3H3;1-6,8-9H;/q2*-1;. The minimum Gasteiger partial charge on any atom is -0.500 e. The second-order valence-corrected chi connectivity index (χ2v) is 17.5. The molecule has 0 unspecified atom stereocenters. The predicted octanol–water partition coefficient (Wildman–Crippen LogP) is 10.6. The first-order chi connectivity index (χ1) is 22.5. The third kappa shape index (κ3) is 5.59. The van der Waals surface area contributed by atoms with Crippen molar-refractivity contribution in [3.63, 3.8) is 0 Å². The van der Waals surface area contributed by atoms with E-state index < -0.39 is 8.07 Å². The molecule has 0 atom stereocenters. The molecule has 5 aromatic carbocycles. The van der Waals surface area contributed by atoms with Gasteiger partial charge < -0.3 is 18.8 Å². The maximum Gasteiger partial charge on any atom is 0.134 e. The molecule has 4 nitrogen and oxygen atoms in total. The van der Waals surface area contributed by atoms with Gasteiger partial charge in [0.25, 0.3) is 0 Å². The average Bonchev–Trinajstić information content (AvgIpc) is 3.67. The number of aromatic nitrogens is 2. The zero-order valence-corrected chi connectivity index (χ0v) is 29.6. The summed E-state index contributed by atoms with van der Waals surface area (Å²) in [6, 6.07) is 45.3. The SMILES string of the molecule is C[Si](C)(C)c1cccc2c1oc1cc(-c3[c-]ccc4c3oc3c5ccccc5ccc43)ncc12.[Ir].[c-]1ccccc1-c1ccccn1. The molecule has 0 amide bonds. The number of hydrogen-bond donors (Lipinski definition) is 0. The molecule has 47 heavy (non-hydrogen) atoms. The molecule has 0 spiro atoms. The van der Waals surface area contributed by atoms with Gasteiger partial charge in [-0.05, 0) is 34.1 Å². The molecule has 6 heteroatoms. The number of benzene rings is 5. The predicted molar refractivity (Wildman–Crippen MR) is 192 cm³/mol. The van der Waals surface area contributed by atoms with E-state index >= 15 is 0 Å². The Morgan fingerprint density at radius 2 is 1.36 bits per heavy atom. The maximum atomic E-state index is 6.49. The Morgan fingerprint density at radius 3 is 2.17 bits per heavy atom. The number of fused-ring (bicyclic) bond motifs is 8. The largest absolute Gasteiger partial charge is 0.500 e. The molecular weight excluding hydrogens is 773 g/mol. The van der Waals surface area contributed by atoms with Crippen LogP contribution in [0.15, 0.2) is 136 Å². The van der Waals surface area contributed by atoms with Gasteiger partial charge in [-0.2, -0.15) is 0 Å². The molecule has 4 aromatic heterocycles. The van der Waals surface area contributed by atoms with Crippen molar-refractivity contribution >= 4 is 67.9 Å². The van der Waals surface area contributed by atoms with Crippen molar-refractivity contribution in [2.24, 2.45) is 0 Å². The first kappa shape index (κ1) is 30.8. The molecule has 231 valence electrons. The van der Waals surface area contributed by atoms with Crippen LogP contribution in [0.4, 0.5) is 0 Å². The zero-order valence-electron chi connectivity index (χ0n) is 26.2. The van der Waals surface area contributed by atoms with E-state index in [1.807, 2.05) is 66.9 Å². The minimum atomic E-state index is -1.55. The third-order valence-corrected chi connectivity index (χ3v) is 10.4. The Morgan fingerprint density at radius 1 is 0.574 bits per heavy atom. The molecule has 0 aliphatic heterocycles. The molecule has 0 bridgehead atoms. The summed E-state index contributed by atoms with van der Waals surface area (Å²) in [5.74, 6) is 0. The topological polar surface area (TPSA) is 52.1 Å². The van der Waals surface area contributed by atoms with Gasteiger partial charge in [-0.15, -0.1) is 54.1 Å². The number of para-hydroxylation sites is 1. The fourth-order valence-electron chi connectivity index (χ4n) is 6.15. The van der Waals surface area contributed by atoms with Gasteiger partial charge in [0.2, 0.25) is 0 Å². The van der Waals surface area contributed by atoms with Crippen LogP contribution in [-0.2, 0) is 20.1 Å². The van der Waals surface area contributed by atoms with Crippen molar-refractivity contribution in [3.8, 4) is 22.5 Å². The van der Waals surface area contributed by atoms with E-state index in [0.717, 1.165) is 71.8 Å². The van der Waals surface area contributed by atoms with Crippen LogP contribution in [0.3, 0.4) is 0 Å². The molecular formula is C41H30IrN2O2Si-2. The molecule has 0 fully saturated rings. The molecule has 9 aromatic rings. The normalized spacial score (nSPS) is 11.6. The third-order valence-electron chi connectivity index (χ3n) is 8.42. The second-order valence-electron chi connectivity index (χ2n) is 12.5. The summed E-state index contributed by atoms with van der Waals surface area (Å²) in [5.41, 5.74) is 7.21. The van der Waals surface area contributed by atoms with E-state index in [-0.39, 0.29) is 20.1 Å². The monoisotopic (exact) mass is 803 g/mol. The van der Waals surface area contributed by atoms with Crippen LogP contribution in [0.25, 0.3) is 77.2 Å². The molecule has 0 saturated heterocycles. The van der Waals surface area contributed by atoms with Crippen LogP contribution in [0.2, 0.25) is 19.6 Å². The Hall–Kier alpha value is -4.87. The van der Waals surface area contributed by atoms with Gasteiger partial charge in [0.15, 0.2) is 0 Å². The van der Waals surface area contributed by atoms with Gasteiger partial charge in [0.1, 0.15) is 16.7 Å². The van der Waals surface area contributed by atoms with E-state index in [4.69, 9.17) is 13.8 Å². The van der Waals surface area contributed by atoms with Crippen molar-refractivity contribution in [3.05, 3.63) is 140 Å². The summed E-state index contributed by atoms with van der Waals surface area (Å²) in [7, 11) is -1.55. The number of rotatable bonds is 3. The van der Waals surface area contributed by atoms with Gasteiger partial charge in [0, 0.05) is 54.0 Å². The van der Waals surface area contributed by atoms with E-state index in [2.05, 4.69) is 91.4 Å². The first-order valence-electron chi connectivity index (χ1n) is 15.4. The van der Waals surface area contributed by atoms with E-state index in [1.54, 1.807) is 6.20 Å². The summed E-state index contributed by atoms with van der Waals surface area (Å²) >= 11 is 0. The van der Waals surface area contributed by atoms with Crippen molar-refractivity contribution in [1.29, 1.82) is 0 Å². The molecule has 0 aliphatic rings. The molecule has 1 radical (unpaired) electrons. The van der Waals surface area contributed by atoms with Crippen molar-refractivity contribution in [2.45, 2.75) is 19.6 Å². The van der Waals surface area contributed by atoms with Crippen molar-refractivity contribution < 1.29 is 28.9 Å². The number of nitrogens with zero attached hydrogens (tertiary/aromatic N) is 2. The Bertz CT molecular complexity index is 2480. The Balaban J connectivity index is 0.000000228. The van der Waals surface area contributed by atoms with Crippen molar-refractivity contribution in [1.82, 2.24) is 9.97 Å². The van der Waals surface area contributed by atoms with E-state index in [1.165, 1.54) is 10.6 Å². The van der Waals surface area contributed by atoms with Gasteiger partial charge in [-0.1, -0.05) is 97.3 Å². The smallest absolute Gasteiger partial charge is 0.134 e. The summed E-state index contributed by atoms with van der Waals surface area (Å²) in [6.07, 6.45) is 3.71. The van der Waals surface area contributed by atoms with Crippen molar-refractivity contribution in [2.75, 3.05) is 0 Å². The number of pyridine rings is 2. The second kappa shape index (κ2) is 12.4. The van der Waals surface area contributed by atoms with E-state index in [0.29, 0.717) is 0 Å². The molecule has 0 N–H and O–H groups in total. The van der Waals surface area contributed by atoms with Crippen LogP contribution >= 0.6 is 0 Å². The average molecular weight is 803 g/mol. The zero-order chi connectivity index (χ0) is 31.3. The molecule has 0 aliphatic carbocycles. The quantitative estimate of drug-likeness (QED) is 0.132. The number of furan rings is 2. The Labute approximate surface area is 287 Å². The first-order valence-corrected chi connectivity index (χ1v) is 18.9. The van der Waals surface area contributed by atoms with Crippen LogP contribution in [0.1, 0.15) is 0 Å². The summed E-state index contributed by atoms with van der Waals surface area (Å²) in [4.78, 5) is 9.05. The van der Waals surface area contributed by atoms with Gasteiger partial charge in [-0.25, -0.2) is 0 Å². The van der Waals surface area contributed by atoms with Crippen LogP contribution in [0.5, 0.6) is 0 Å². The molecule has 9 rings (SSSR count). The van der Waals surface area contributed by atoms with Crippen LogP contribution in [0, 0.1) is 12.1 Å². The molecule has 4 heterocycles. The van der Waals surface area contributed by atoms with Gasteiger partial charge >= 0.3 is 0 Å². The van der Waals surface area contributed by atoms with E-state index in [9.17, 15) is 0 Å². The number of hydrogen-bond acceptors (Lipinski definition) is 4. The van der Waals surface area contributed by atoms with Crippen LogP contribution < -0.4 is 5.19 Å². The van der Waals surface area contributed by atoms with Gasteiger partial charge in [0.05, 0.1) is 13.7 Å². The minimum absolute atomic E-state index is 0. The fourth-order valence-corrected chi connectivity index (χ4v) is 7.62.